The Morgan fingerprint density at radius 1 is 1.00 bits per heavy atom. The van der Waals surface area contributed by atoms with Gasteiger partial charge < -0.3 is 9.47 Å². The van der Waals surface area contributed by atoms with Crippen LogP contribution in [0.3, 0.4) is 0 Å². The maximum absolute atomic E-state index is 12.6. The van der Waals surface area contributed by atoms with Crippen LogP contribution in [0.25, 0.3) is 5.69 Å². The molecule has 154 valence electrons. The van der Waals surface area contributed by atoms with Crippen LogP contribution < -0.4 is 14.2 Å². The van der Waals surface area contributed by atoms with Crippen molar-refractivity contribution in [3.8, 4) is 17.2 Å². The quantitative estimate of drug-likeness (QED) is 0.550. The molecule has 0 saturated carbocycles. The van der Waals surface area contributed by atoms with Crippen LogP contribution in [0.2, 0.25) is 0 Å². The Balaban J connectivity index is 1.63. The van der Waals surface area contributed by atoms with Gasteiger partial charge >= 0.3 is 0 Å². The molecule has 0 bridgehead atoms. The van der Waals surface area contributed by atoms with Gasteiger partial charge in [-0.1, -0.05) is 12.1 Å². The third kappa shape index (κ3) is 5.36. The number of rotatable bonds is 10. The van der Waals surface area contributed by atoms with E-state index in [0.717, 1.165) is 11.3 Å². The fraction of sp³-hybridized carbons (Fsp3) is 0.286. The van der Waals surface area contributed by atoms with Gasteiger partial charge in [0.1, 0.15) is 0 Å². The number of sulfonamides is 1. The lowest BCUT2D eigenvalue weighted by Crippen LogP contribution is -2.26. The minimum atomic E-state index is -3.65. The van der Waals surface area contributed by atoms with E-state index in [-0.39, 0.29) is 4.90 Å². The van der Waals surface area contributed by atoms with Crippen LogP contribution in [0, 0.1) is 0 Å². The highest BCUT2D eigenvalue weighted by Crippen LogP contribution is 2.30. The summed E-state index contributed by atoms with van der Waals surface area (Å²) in [6, 6.07) is 14.3. The van der Waals surface area contributed by atoms with Crippen molar-refractivity contribution >= 4 is 10.0 Å². The van der Waals surface area contributed by atoms with Gasteiger partial charge in [-0.05, 0) is 56.2 Å². The number of hydrogen-bond acceptors (Lipinski definition) is 5. The third-order valence-electron chi connectivity index (χ3n) is 4.24. The summed E-state index contributed by atoms with van der Waals surface area (Å²) in [5.41, 5.74) is 1.99. The molecule has 0 aliphatic carbocycles. The first-order chi connectivity index (χ1) is 14.0. The smallest absolute Gasteiger partial charge is 0.240 e. The molecular weight excluding hydrogens is 390 g/mol. The minimum absolute atomic E-state index is 0.151. The van der Waals surface area contributed by atoms with Crippen molar-refractivity contribution in [1.29, 1.82) is 0 Å². The molecule has 29 heavy (non-hydrogen) atoms. The summed E-state index contributed by atoms with van der Waals surface area (Å²) in [7, 11) is -3.65. The zero-order valence-corrected chi connectivity index (χ0v) is 17.4. The Morgan fingerprint density at radius 3 is 2.38 bits per heavy atom. The zero-order valence-electron chi connectivity index (χ0n) is 16.5. The van der Waals surface area contributed by atoms with E-state index < -0.39 is 10.0 Å². The van der Waals surface area contributed by atoms with Crippen molar-refractivity contribution in [3.05, 3.63) is 66.5 Å². The molecule has 0 aliphatic heterocycles. The highest BCUT2D eigenvalue weighted by Gasteiger charge is 2.17. The number of aromatic nitrogens is 2. The second kappa shape index (κ2) is 9.58. The molecule has 0 spiro atoms. The van der Waals surface area contributed by atoms with Crippen LogP contribution in [0.15, 0.2) is 65.8 Å². The fourth-order valence-corrected chi connectivity index (χ4v) is 3.90. The predicted molar refractivity (Wildman–Crippen MR) is 111 cm³/mol. The van der Waals surface area contributed by atoms with Gasteiger partial charge in [-0.3, -0.25) is 0 Å². The van der Waals surface area contributed by atoms with E-state index in [1.807, 2.05) is 50.4 Å². The van der Waals surface area contributed by atoms with Gasteiger partial charge in [-0.15, -0.1) is 0 Å². The van der Waals surface area contributed by atoms with Gasteiger partial charge in [0.05, 0.1) is 23.8 Å². The monoisotopic (exact) mass is 415 g/mol. The first-order valence-electron chi connectivity index (χ1n) is 9.51. The largest absolute Gasteiger partial charge is 0.490 e. The molecule has 0 fully saturated rings. The zero-order chi connectivity index (χ0) is 20.7. The fourth-order valence-electron chi connectivity index (χ4n) is 2.85. The van der Waals surface area contributed by atoms with Gasteiger partial charge in [-0.25, -0.2) is 17.8 Å². The molecule has 0 unspecified atom stereocenters. The molecular formula is C21H25N3O4S. The van der Waals surface area contributed by atoms with Crippen LogP contribution in [-0.2, 0) is 16.4 Å². The number of hydrogen-bond donors (Lipinski definition) is 1. The Morgan fingerprint density at radius 2 is 1.72 bits per heavy atom. The van der Waals surface area contributed by atoms with Crippen LogP contribution >= 0.6 is 0 Å². The van der Waals surface area contributed by atoms with Gasteiger partial charge in [-0.2, -0.15) is 5.10 Å². The van der Waals surface area contributed by atoms with Crippen molar-refractivity contribution in [2.24, 2.45) is 0 Å². The van der Waals surface area contributed by atoms with Crippen LogP contribution in [0.4, 0.5) is 0 Å². The average Bonchev–Trinajstić information content (AvgIpc) is 3.25. The van der Waals surface area contributed by atoms with E-state index in [1.165, 1.54) is 12.1 Å². The minimum Gasteiger partial charge on any atom is -0.490 e. The summed E-state index contributed by atoms with van der Waals surface area (Å²) in [4.78, 5) is 0.151. The summed E-state index contributed by atoms with van der Waals surface area (Å²) < 4.78 is 40.7. The second-order valence-electron chi connectivity index (χ2n) is 6.24. The van der Waals surface area contributed by atoms with E-state index in [4.69, 9.17) is 9.47 Å². The lowest BCUT2D eigenvalue weighted by Gasteiger charge is -2.13. The van der Waals surface area contributed by atoms with Crippen LogP contribution in [0.1, 0.15) is 19.4 Å². The van der Waals surface area contributed by atoms with Gasteiger partial charge in [0.2, 0.25) is 10.0 Å². The average molecular weight is 416 g/mol. The van der Waals surface area contributed by atoms with E-state index in [0.29, 0.717) is 37.7 Å². The molecule has 3 aromatic rings. The Hall–Kier alpha value is -2.84. The van der Waals surface area contributed by atoms with E-state index in [1.54, 1.807) is 16.9 Å². The summed E-state index contributed by atoms with van der Waals surface area (Å²) >= 11 is 0. The molecule has 1 aromatic heterocycles. The number of benzene rings is 2. The highest BCUT2D eigenvalue weighted by atomic mass is 32.2. The van der Waals surface area contributed by atoms with Crippen molar-refractivity contribution in [2.45, 2.75) is 25.2 Å². The van der Waals surface area contributed by atoms with Gasteiger partial charge in [0, 0.05) is 25.0 Å². The van der Waals surface area contributed by atoms with Crippen molar-refractivity contribution < 1.29 is 17.9 Å². The maximum atomic E-state index is 12.6. The Labute approximate surface area is 171 Å². The molecule has 8 heteroatoms. The first kappa shape index (κ1) is 20.9. The molecule has 0 radical (unpaired) electrons. The molecule has 0 saturated heterocycles. The summed E-state index contributed by atoms with van der Waals surface area (Å²) in [5.74, 6) is 0.956. The number of nitrogens with one attached hydrogen (secondary N) is 1. The normalized spacial score (nSPS) is 11.4. The molecule has 1 N–H and O–H groups in total. The summed E-state index contributed by atoms with van der Waals surface area (Å²) in [6.07, 6.45) is 4.17. The number of nitrogens with zero attached hydrogens (tertiary/aromatic N) is 2. The molecule has 0 amide bonds. The van der Waals surface area contributed by atoms with Crippen LogP contribution in [-0.4, -0.2) is 38.0 Å². The topological polar surface area (TPSA) is 82.5 Å². The van der Waals surface area contributed by atoms with Crippen molar-refractivity contribution in [3.63, 3.8) is 0 Å². The summed E-state index contributed by atoms with van der Waals surface area (Å²) in [5, 5.41) is 4.19. The molecule has 7 nitrogen and oxygen atoms in total. The maximum Gasteiger partial charge on any atom is 0.240 e. The van der Waals surface area contributed by atoms with Crippen molar-refractivity contribution in [2.75, 3.05) is 19.8 Å². The molecule has 3 rings (SSSR count). The molecule has 1 heterocycles. The standard InChI is InChI=1S/C21H25N3O4S/c1-3-27-20-11-10-19(16-21(20)28-4-2)29(25,26)23-14-12-17-6-8-18(9-7-17)24-15-5-13-22-24/h5-11,13,15-16,23H,3-4,12,14H2,1-2H3. The van der Waals surface area contributed by atoms with Gasteiger partial charge in [0.15, 0.2) is 11.5 Å². The van der Waals surface area contributed by atoms with Crippen LogP contribution in [0.5, 0.6) is 11.5 Å². The Kier molecular flexibility index (Phi) is 6.90. The molecule has 0 aliphatic rings. The Bertz CT molecular complexity index is 1020. The molecule has 2 aromatic carbocycles. The van der Waals surface area contributed by atoms with E-state index >= 15 is 0 Å². The van der Waals surface area contributed by atoms with Crippen molar-refractivity contribution in [1.82, 2.24) is 14.5 Å². The number of ether oxygens (including phenoxy) is 2. The second-order valence-corrected chi connectivity index (χ2v) is 8.01. The van der Waals surface area contributed by atoms with Gasteiger partial charge in [0.25, 0.3) is 0 Å². The third-order valence-corrected chi connectivity index (χ3v) is 5.69. The highest BCUT2D eigenvalue weighted by molar-refractivity contribution is 7.89. The SMILES string of the molecule is CCOc1ccc(S(=O)(=O)NCCc2ccc(-n3cccn3)cc2)cc1OCC. The lowest BCUT2D eigenvalue weighted by molar-refractivity contribution is 0.287. The lowest BCUT2D eigenvalue weighted by atomic mass is 10.1. The molecule has 0 atom stereocenters. The predicted octanol–water partition coefficient (Wildman–Crippen LogP) is 3.19. The summed E-state index contributed by atoms with van der Waals surface area (Å²) in [6.45, 7) is 4.89. The van der Waals surface area contributed by atoms with E-state index in [2.05, 4.69) is 9.82 Å². The van der Waals surface area contributed by atoms with E-state index in [9.17, 15) is 8.42 Å². The first-order valence-corrected chi connectivity index (χ1v) is 11.0.